The van der Waals surface area contributed by atoms with E-state index < -0.39 is 5.97 Å². The van der Waals surface area contributed by atoms with Gasteiger partial charge in [-0.25, -0.2) is 0 Å². The van der Waals surface area contributed by atoms with Crippen molar-refractivity contribution in [2.45, 2.75) is 25.3 Å². The predicted molar refractivity (Wildman–Crippen MR) is 68.3 cm³/mol. The molecule has 1 heterocycles. The summed E-state index contributed by atoms with van der Waals surface area (Å²) in [6.07, 6.45) is 1.93. The topological polar surface area (TPSA) is 66.4 Å². The van der Waals surface area contributed by atoms with Gasteiger partial charge in [0, 0.05) is 15.9 Å². The van der Waals surface area contributed by atoms with E-state index in [1.807, 2.05) is 5.38 Å². The predicted octanol–water partition coefficient (Wildman–Crippen LogP) is 2.49. The zero-order valence-electron chi connectivity index (χ0n) is 8.98. The maximum absolute atomic E-state index is 11.8. The first-order valence-electron chi connectivity index (χ1n) is 5.34. The second-order valence-corrected chi connectivity index (χ2v) is 5.97. The maximum atomic E-state index is 11.8. The van der Waals surface area contributed by atoms with E-state index in [-0.39, 0.29) is 17.9 Å². The first kappa shape index (κ1) is 12.6. The lowest BCUT2D eigenvalue weighted by Gasteiger charge is -2.11. The van der Waals surface area contributed by atoms with Gasteiger partial charge in [-0.15, -0.1) is 11.3 Å². The highest BCUT2D eigenvalue weighted by Crippen LogP contribution is 2.26. The highest BCUT2D eigenvalue weighted by Gasteiger charge is 2.30. The van der Waals surface area contributed by atoms with Crippen molar-refractivity contribution in [1.29, 1.82) is 0 Å². The third-order valence-corrected chi connectivity index (χ3v) is 4.60. The molecule has 2 N–H and O–H groups in total. The monoisotopic (exact) mass is 317 g/mol. The Kier molecular flexibility index (Phi) is 3.83. The molecule has 92 valence electrons. The molecule has 1 aliphatic rings. The summed E-state index contributed by atoms with van der Waals surface area (Å²) in [7, 11) is 0. The van der Waals surface area contributed by atoms with E-state index in [1.165, 1.54) is 11.3 Å². The summed E-state index contributed by atoms with van der Waals surface area (Å²) >= 11 is 4.67. The Bertz CT molecular complexity index is 446. The second kappa shape index (κ2) is 5.18. The number of nitrogens with one attached hydrogen (secondary N) is 1. The summed E-state index contributed by atoms with van der Waals surface area (Å²) in [5.74, 6) is -1.19. The van der Waals surface area contributed by atoms with Crippen LogP contribution in [0.25, 0.3) is 0 Å². The smallest absolute Gasteiger partial charge is 0.306 e. The molecule has 1 amide bonds. The van der Waals surface area contributed by atoms with Crippen LogP contribution in [0, 0.1) is 5.92 Å². The second-order valence-electron chi connectivity index (χ2n) is 4.15. The van der Waals surface area contributed by atoms with Crippen molar-refractivity contribution in [2.75, 3.05) is 0 Å². The van der Waals surface area contributed by atoms with Crippen molar-refractivity contribution in [2.24, 2.45) is 5.92 Å². The zero-order chi connectivity index (χ0) is 12.4. The number of carbonyl (C=O) groups is 2. The maximum Gasteiger partial charge on any atom is 0.306 e. The van der Waals surface area contributed by atoms with E-state index in [9.17, 15) is 9.59 Å². The summed E-state index contributed by atoms with van der Waals surface area (Å²) in [5, 5.41) is 13.6. The summed E-state index contributed by atoms with van der Waals surface area (Å²) in [5.41, 5.74) is 0. The average molecular weight is 318 g/mol. The summed E-state index contributed by atoms with van der Waals surface area (Å²) in [4.78, 5) is 23.3. The molecule has 0 unspecified atom stereocenters. The molecular formula is C11H12BrNO3S. The zero-order valence-corrected chi connectivity index (χ0v) is 11.4. The third-order valence-electron chi connectivity index (χ3n) is 2.91. The molecule has 0 aliphatic heterocycles. The molecule has 0 saturated heterocycles. The lowest BCUT2D eigenvalue weighted by Crippen LogP contribution is -2.32. The molecule has 0 radical (unpaired) electrons. The Balaban J connectivity index is 1.90. The number of rotatable bonds is 3. The number of thiophene rings is 1. The molecule has 1 saturated carbocycles. The molecule has 0 aromatic carbocycles. The van der Waals surface area contributed by atoms with E-state index in [0.717, 1.165) is 10.9 Å². The molecule has 1 aromatic rings. The third kappa shape index (κ3) is 3.07. The minimum atomic E-state index is -0.763. The lowest BCUT2D eigenvalue weighted by atomic mass is 10.1. The number of amides is 1. The minimum Gasteiger partial charge on any atom is -0.481 e. The van der Waals surface area contributed by atoms with Gasteiger partial charge in [-0.2, -0.15) is 0 Å². The summed E-state index contributed by atoms with van der Waals surface area (Å²) in [6, 6.07) is 1.76. The number of carbonyl (C=O) groups excluding carboxylic acids is 1. The van der Waals surface area contributed by atoms with Gasteiger partial charge in [-0.05, 0) is 41.3 Å². The van der Waals surface area contributed by atoms with Gasteiger partial charge in [0.2, 0.25) is 0 Å². The first-order valence-corrected chi connectivity index (χ1v) is 7.01. The van der Waals surface area contributed by atoms with E-state index in [4.69, 9.17) is 5.11 Å². The van der Waals surface area contributed by atoms with Crippen LogP contribution in [0.3, 0.4) is 0 Å². The van der Waals surface area contributed by atoms with Crippen molar-refractivity contribution in [3.63, 3.8) is 0 Å². The van der Waals surface area contributed by atoms with Crippen LogP contribution in [0.1, 0.15) is 28.9 Å². The Hall–Kier alpha value is -0.880. The van der Waals surface area contributed by atoms with Crippen molar-refractivity contribution < 1.29 is 14.7 Å². The molecule has 0 spiro atoms. The number of aliphatic carboxylic acids is 1. The average Bonchev–Trinajstić information content (AvgIpc) is 2.86. The molecule has 0 bridgehead atoms. The molecular weight excluding hydrogens is 306 g/mol. The standard InChI is InChI=1S/C11H12BrNO3S/c12-7-4-9(17-5-7)10(14)13-8-2-1-6(3-8)11(15)16/h4-6,8H,1-3H2,(H,13,14)(H,15,16)/t6-,8+/m0/s1. The first-order chi connectivity index (χ1) is 8.06. The van der Waals surface area contributed by atoms with Crippen molar-refractivity contribution in [1.82, 2.24) is 5.32 Å². The highest BCUT2D eigenvalue weighted by molar-refractivity contribution is 9.10. The van der Waals surface area contributed by atoms with Gasteiger partial charge in [-0.1, -0.05) is 0 Å². The Morgan fingerprint density at radius 2 is 2.24 bits per heavy atom. The number of carboxylic acids is 1. The van der Waals surface area contributed by atoms with Crippen molar-refractivity contribution in [3.8, 4) is 0 Å². The molecule has 1 aromatic heterocycles. The Morgan fingerprint density at radius 3 is 2.76 bits per heavy atom. The van der Waals surface area contributed by atoms with Gasteiger partial charge in [0.1, 0.15) is 0 Å². The normalized spacial score (nSPS) is 23.6. The molecule has 6 heteroatoms. The van der Waals surface area contributed by atoms with E-state index >= 15 is 0 Å². The van der Waals surface area contributed by atoms with Crippen LogP contribution in [0.15, 0.2) is 15.9 Å². The van der Waals surface area contributed by atoms with Gasteiger partial charge < -0.3 is 10.4 Å². The number of hydrogen-bond donors (Lipinski definition) is 2. The van der Waals surface area contributed by atoms with Crippen LogP contribution in [0.5, 0.6) is 0 Å². The quantitative estimate of drug-likeness (QED) is 0.900. The van der Waals surface area contributed by atoms with E-state index in [2.05, 4.69) is 21.2 Å². The van der Waals surface area contributed by atoms with Gasteiger partial charge in [0.25, 0.3) is 5.91 Å². The fourth-order valence-corrected chi connectivity index (χ4v) is 3.35. The fourth-order valence-electron chi connectivity index (χ4n) is 2.03. The number of halogens is 1. The molecule has 2 rings (SSSR count). The highest BCUT2D eigenvalue weighted by atomic mass is 79.9. The van der Waals surface area contributed by atoms with Crippen LogP contribution in [-0.4, -0.2) is 23.0 Å². The molecule has 17 heavy (non-hydrogen) atoms. The van der Waals surface area contributed by atoms with Gasteiger partial charge in [0.05, 0.1) is 10.8 Å². The van der Waals surface area contributed by atoms with Crippen LogP contribution in [0.4, 0.5) is 0 Å². The van der Waals surface area contributed by atoms with E-state index in [0.29, 0.717) is 17.7 Å². The molecule has 1 fully saturated rings. The van der Waals surface area contributed by atoms with Gasteiger partial charge in [0.15, 0.2) is 0 Å². The number of hydrogen-bond acceptors (Lipinski definition) is 3. The van der Waals surface area contributed by atoms with Crippen LogP contribution < -0.4 is 5.32 Å². The van der Waals surface area contributed by atoms with Crippen LogP contribution in [0.2, 0.25) is 0 Å². The molecule has 1 aliphatic carbocycles. The Labute approximate surface area is 111 Å². The summed E-state index contributed by atoms with van der Waals surface area (Å²) in [6.45, 7) is 0. The SMILES string of the molecule is O=C(N[C@@H]1CC[C@H](C(=O)O)C1)c1cc(Br)cs1. The van der Waals surface area contributed by atoms with Gasteiger partial charge >= 0.3 is 5.97 Å². The minimum absolute atomic E-state index is 0.00974. The van der Waals surface area contributed by atoms with Crippen LogP contribution >= 0.6 is 27.3 Å². The fraction of sp³-hybridized carbons (Fsp3) is 0.455. The van der Waals surface area contributed by atoms with Crippen LogP contribution in [-0.2, 0) is 4.79 Å². The molecule has 2 atom stereocenters. The number of carboxylic acid groups (broad SMARTS) is 1. The van der Waals surface area contributed by atoms with Gasteiger partial charge in [-0.3, -0.25) is 9.59 Å². The Morgan fingerprint density at radius 1 is 1.47 bits per heavy atom. The van der Waals surface area contributed by atoms with Crippen molar-refractivity contribution >= 4 is 39.1 Å². The van der Waals surface area contributed by atoms with Crippen molar-refractivity contribution in [3.05, 3.63) is 20.8 Å². The lowest BCUT2D eigenvalue weighted by molar-refractivity contribution is -0.141. The van der Waals surface area contributed by atoms with E-state index in [1.54, 1.807) is 6.07 Å². The largest absolute Gasteiger partial charge is 0.481 e. The molecule has 4 nitrogen and oxygen atoms in total. The summed E-state index contributed by atoms with van der Waals surface area (Å²) < 4.78 is 0.891.